The molecular weight excluding hydrogens is 276 g/mol. The Kier molecular flexibility index (Phi) is 6.02. The van der Waals surface area contributed by atoms with Crippen molar-refractivity contribution in [1.29, 1.82) is 0 Å². The van der Waals surface area contributed by atoms with Crippen molar-refractivity contribution >= 4 is 17.3 Å². The maximum Gasteiger partial charge on any atom is 0.287 e. The minimum Gasteiger partial charge on any atom is -0.372 e. The second-order valence-corrected chi connectivity index (χ2v) is 6.18. The zero-order valence-electron chi connectivity index (χ0n) is 12.9. The topological polar surface area (TPSA) is 64.2 Å². The molecule has 0 bridgehead atoms. The highest BCUT2D eigenvalue weighted by atomic mass is 35.5. The van der Waals surface area contributed by atoms with Crippen molar-refractivity contribution in [2.45, 2.75) is 46.2 Å². The molecule has 1 heterocycles. The van der Waals surface area contributed by atoms with Gasteiger partial charge in [0, 0.05) is 19.6 Å². The van der Waals surface area contributed by atoms with Gasteiger partial charge in [0.15, 0.2) is 0 Å². The van der Waals surface area contributed by atoms with E-state index in [1.165, 1.54) is 4.68 Å². The minimum absolute atomic E-state index is 0.00582. The van der Waals surface area contributed by atoms with Crippen LogP contribution >= 0.6 is 11.6 Å². The summed E-state index contributed by atoms with van der Waals surface area (Å²) >= 11 is 6.17. The summed E-state index contributed by atoms with van der Waals surface area (Å²) in [6.45, 7) is 8.74. The molecule has 0 aliphatic heterocycles. The first-order valence-corrected chi connectivity index (χ1v) is 7.37. The highest BCUT2D eigenvalue weighted by Gasteiger charge is 2.15. The zero-order valence-corrected chi connectivity index (χ0v) is 13.7. The summed E-state index contributed by atoms with van der Waals surface area (Å²) in [4.78, 5) is 14.0. The Morgan fingerprint density at radius 2 is 2.00 bits per heavy atom. The first kappa shape index (κ1) is 17.0. The number of halogens is 1. The molecule has 2 N–H and O–H groups in total. The van der Waals surface area contributed by atoms with Crippen LogP contribution in [0.4, 0.5) is 5.69 Å². The average molecular weight is 301 g/mol. The van der Waals surface area contributed by atoms with Crippen molar-refractivity contribution in [2.24, 2.45) is 11.7 Å². The molecule has 1 rings (SSSR count). The minimum atomic E-state index is -0.251. The molecule has 0 aliphatic rings. The number of rotatable bonds is 6. The van der Waals surface area contributed by atoms with Gasteiger partial charge in [0.25, 0.3) is 5.56 Å². The van der Waals surface area contributed by atoms with Gasteiger partial charge in [-0.25, -0.2) is 4.68 Å². The first-order valence-electron chi connectivity index (χ1n) is 6.99. The van der Waals surface area contributed by atoms with Gasteiger partial charge < -0.3 is 10.6 Å². The molecule has 0 saturated carbocycles. The zero-order chi connectivity index (χ0) is 15.4. The largest absolute Gasteiger partial charge is 0.372 e. The number of hydrogen-bond acceptors (Lipinski definition) is 4. The lowest BCUT2D eigenvalue weighted by atomic mass is 10.0. The van der Waals surface area contributed by atoms with Crippen LogP contribution < -0.4 is 16.2 Å². The van der Waals surface area contributed by atoms with Gasteiger partial charge in [-0.3, -0.25) is 4.79 Å². The van der Waals surface area contributed by atoms with Crippen molar-refractivity contribution in [2.75, 3.05) is 18.5 Å². The van der Waals surface area contributed by atoms with Gasteiger partial charge in [-0.1, -0.05) is 25.4 Å². The van der Waals surface area contributed by atoms with Crippen molar-refractivity contribution < 1.29 is 0 Å². The van der Waals surface area contributed by atoms with Crippen molar-refractivity contribution in [3.63, 3.8) is 0 Å². The Labute approximate surface area is 125 Å². The highest BCUT2D eigenvalue weighted by molar-refractivity contribution is 6.33. The SMILES string of the molecule is CC(C)C(N)CCN(C)c1cnn(C(C)C)c(=O)c1Cl. The second kappa shape index (κ2) is 7.09. The Morgan fingerprint density at radius 3 is 2.50 bits per heavy atom. The molecule has 114 valence electrons. The fraction of sp³-hybridized carbons (Fsp3) is 0.714. The Morgan fingerprint density at radius 1 is 1.40 bits per heavy atom. The summed E-state index contributed by atoms with van der Waals surface area (Å²) in [5.74, 6) is 0.436. The van der Waals surface area contributed by atoms with E-state index in [-0.39, 0.29) is 22.7 Å². The second-order valence-electron chi connectivity index (χ2n) is 5.81. The Balaban J connectivity index is 2.87. The van der Waals surface area contributed by atoms with Gasteiger partial charge in [0.05, 0.1) is 17.9 Å². The van der Waals surface area contributed by atoms with Crippen molar-refractivity contribution in [3.05, 3.63) is 21.6 Å². The molecule has 20 heavy (non-hydrogen) atoms. The number of nitrogens with two attached hydrogens (primary N) is 1. The van der Waals surface area contributed by atoms with E-state index >= 15 is 0 Å². The summed E-state index contributed by atoms with van der Waals surface area (Å²) in [5.41, 5.74) is 6.44. The molecule has 0 fully saturated rings. The molecule has 0 saturated heterocycles. The predicted octanol–water partition coefficient (Wildman–Crippen LogP) is 2.29. The summed E-state index contributed by atoms with van der Waals surface area (Å²) in [7, 11) is 1.90. The van der Waals surface area contributed by atoms with Crippen LogP contribution in [0.3, 0.4) is 0 Å². The number of aromatic nitrogens is 2. The summed E-state index contributed by atoms with van der Waals surface area (Å²) < 4.78 is 1.39. The molecule has 1 atom stereocenters. The molecule has 0 spiro atoms. The molecular formula is C14H25ClN4O. The van der Waals surface area contributed by atoms with Crippen LogP contribution in [0.15, 0.2) is 11.0 Å². The summed E-state index contributed by atoms with van der Waals surface area (Å²) in [6, 6.07) is 0.133. The summed E-state index contributed by atoms with van der Waals surface area (Å²) in [5, 5.41) is 4.39. The highest BCUT2D eigenvalue weighted by Crippen LogP contribution is 2.21. The standard InChI is InChI=1S/C14H25ClN4O/c1-9(2)11(16)6-7-18(5)12-8-17-19(10(3)4)14(20)13(12)15/h8-11H,6-7,16H2,1-5H3. The molecule has 0 amide bonds. The van der Waals surface area contributed by atoms with E-state index in [2.05, 4.69) is 18.9 Å². The van der Waals surface area contributed by atoms with Crippen LogP contribution in [0.1, 0.15) is 40.2 Å². The molecule has 0 aliphatic carbocycles. The van der Waals surface area contributed by atoms with Gasteiger partial charge in [-0.05, 0) is 26.2 Å². The van der Waals surface area contributed by atoms with Crippen LogP contribution in [0.5, 0.6) is 0 Å². The van der Waals surface area contributed by atoms with Gasteiger partial charge in [0.2, 0.25) is 0 Å². The van der Waals surface area contributed by atoms with E-state index in [9.17, 15) is 4.79 Å². The number of anilines is 1. The fourth-order valence-electron chi connectivity index (χ4n) is 1.87. The van der Waals surface area contributed by atoms with E-state index < -0.39 is 0 Å². The monoisotopic (exact) mass is 300 g/mol. The lowest BCUT2D eigenvalue weighted by Gasteiger charge is -2.24. The van der Waals surface area contributed by atoms with E-state index in [1.54, 1.807) is 6.20 Å². The molecule has 5 nitrogen and oxygen atoms in total. The Hall–Kier alpha value is -1.07. The van der Waals surface area contributed by atoms with E-state index in [0.29, 0.717) is 11.6 Å². The third-order valence-electron chi connectivity index (χ3n) is 3.48. The number of hydrogen-bond donors (Lipinski definition) is 1. The molecule has 1 aromatic rings. The molecule has 0 aromatic carbocycles. The number of nitrogens with zero attached hydrogens (tertiary/aromatic N) is 3. The van der Waals surface area contributed by atoms with Crippen molar-refractivity contribution in [1.82, 2.24) is 9.78 Å². The van der Waals surface area contributed by atoms with Crippen LogP contribution in [-0.4, -0.2) is 29.4 Å². The summed E-state index contributed by atoms with van der Waals surface area (Å²) in [6.07, 6.45) is 2.49. The molecule has 1 aromatic heterocycles. The van der Waals surface area contributed by atoms with Crippen molar-refractivity contribution in [3.8, 4) is 0 Å². The third kappa shape index (κ3) is 3.96. The van der Waals surface area contributed by atoms with Crippen LogP contribution in [0.25, 0.3) is 0 Å². The predicted molar refractivity (Wildman–Crippen MR) is 84.6 cm³/mol. The molecule has 6 heteroatoms. The van der Waals surface area contributed by atoms with Gasteiger partial charge in [0.1, 0.15) is 5.02 Å². The van der Waals surface area contributed by atoms with E-state index in [1.807, 2.05) is 25.8 Å². The quantitative estimate of drug-likeness (QED) is 0.875. The van der Waals surface area contributed by atoms with Gasteiger partial charge in [-0.2, -0.15) is 5.10 Å². The van der Waals surface area contributed by atoms with Crippen LogP contribution in [-0.2, 0) is 0 Å². The lowest BCUT2D eigenvalue weighted by molar-refractivity contribution is 0.465. The van der Waals surface area contributed by atoms with Gasteiger partial charge in [-0.15, -0.1) is 0 Å². The average Bonchev–Trinajstić information content (AvgIpc) is 2.37. The first-order chi connectivity index (χ1) is 9.25. The maximum absolute atomic E-state index is 12.1. The van der Waals surface area contributed by atoms with E-state index in [0.717, 1.165) is 13.0 Å². The lowest BCUT2D eigenvalue weighted by Crippen LogP contribution is -2.33. The molecule has 0 radical (unpaired) electrons. The van der Waals surface area contributed by atoms with Gasteiger partial charge >= 0.3 is 0 Å². The fourth-order valence-corrected chi connectivity index (χ4v) is 2.15. The normalized spacial score (nSPS) is 13.1. The Bertz CT molecular complexity index is 498. The third-order valence-corrected chi connectivity index (χ3v) is 3.83. The smallest absolute Gasteiger partial charge is 0.287 e. The van der Waals surface area contributed by atoms with Crippen LogP contribution in [0.2, 0.25) is 5.02 Å². The molecule has 1 unspecified atom stereocenters. The maximum atomic E-state index is 12.1. The van der Waals surface area contributed by atoms with E-state index in [4.69, 9.17) is 17.3 Å². The van der Waals surface area contributed by atoms with Crippen LogP contribution in [0, 0.1) is 5.92 Å².